The van der Waals surface area contributed by atoms with Gasteiger partial charge in [-0.25, -0.2) is 4.79 Å². The topological polar surface area (TPSA) is 89.3 Å². The van der Waals surface area contributed by atoms with E-state index < -0.39 is 11.6 Å². The molecule has 3 aromatic rings. The normalized spacial score (nSPS) is 13.5. The van der Waals surface area contributed by atoms with Crippen molar-refractivity contribution in [2.45, 2.75) is 53.3 Å². The van der Waals surface area contributed by atoms with Crippen LogP contribution < -0.4 is 10.2 Å². The summed E-state index contributed by atoms with van der Waals surface area (Å²) in [5.41, 5.74) is 6.73. The molecule has 0 aliphatic carbocycles. The lowest BCUT2D eigenvalue weighted by atomic mass is 10.0. The Kier molecular flexibility index (Phi) is 8.15. The number of aromatic nitrogens is 1. The van der Waals surface area contributed by atoms with E-state index in [1.165, 1.54) is 0 Å². The molecule has 0 saturated heterocycles. The Bertz CT molecular complexity index is 1210. The van der Waals surface area contributed by atoms with Crippen LogP contribution in [0.25, 0.3) is 11.3 Å². The Morgan fingerprint density at radius 3 is 2.49 bits per heavy atom. The first kappa shape index (κ1) is 26.2. The highest BCUT2D eigenvalue weighted by Gasteiger charge is 2.32. The number of esters is 1. The van der Waals surface area contributed by atoms with Gasteiger partial charge in [0.15, 0.2) is 11.4 Å². The number of hydrogen-bond donors (Lipinski definition) is 1. The van der Waals surface area contributed by atoms with Gasteiger partial charge in [-0.3, -0.25) is 10.3 Å². The Hall–Kier alpha value is -3.82. The number of nitrogens with zero attached hydrogens (tertiary/aromatic N) is 3. The molecule has 9 heteroatoms. The van der Waals surface area contributed by atoms with Crippen molar-refractivity contribution in [3.05, 3.63) is 83.4 Å². The summed E-state index contributed by atoms with van der Waals surface area (Å²) in [6.45, 7) is 11.1. The van der Waals surface area contributed by atoms with E-state index in [1.807, 2.05) is 50.2 Å². The first-order valence-corrected chi connectivity index (χ1v) is 12.3. The Balaban J connectivity index is 1.51. The van der Waals surface area contributed by atoms with Crippen LogP contribution in [0.1, 0.15) is 43.2 Å². The first-order valence-electron chi connectivity index (χ1n) is 12.3. The molecule has 0 bridgehead atoms. The Morgan fingerprint density at radius 1 is 1.11 bits per heavy atom. The Labute approximate surface area is 217 Å². The highest BCUT2D eigenvalue weighted by atomic mass is 16.7. The van der Waals surface area contributed by atoms with Crippen molar-refractivity contribution in [2.24, 2.45) is 0 Å². The number of hydrogen-bond acceptors (Lipinski definition) is 9. The number of ether oxygens (including phenoxy) is 2. The Morgan fingerprint density at radius 2 is 1.84 bits per heavy atom. The highest BCUT2D eigenvalue weighted by Crippen LogP contribution is 2.30. The lowest BCUT2D eigenvalue weighted by Gasteiger charge is -2.28. The van der Waals surface area contributed by atoms with Gasteiger partial charge in [-0.05, 0) is 56.5 Å². The zero-order valence-corrected chi connectivity index (χ0v) is 22.0. The van der Waals surface area contributed by atoms with Gasteiger partial charge in [0, 0.05) is 24.7 Å². The molecule has 1 aromatic heterocycles. The molecule has 1 aliphatic rings. The van der Waals surface area contributed by atoms with Crippen molar-refractivity contribution in [1.29, 1.82) is 0 Å². The fourth-order valence-electron chi connectivity index (χ4n) is 4.17. The molecule has 4 rings (SSSR count). The number of benzene rings is 2. The van der Waals surface area contributed by atoms with Gasteiger partial charge < -0.3 is 18.8 Å². The van der Waals surface area contributed by atoms with Crippen molar-refractivity contribution >= 4 is 5.97 Å². The minimum atomic E-state index is -1.09. The predicted octanol–water partition coefficient (Wildman–Crippen LogP) is 4.86. The molecule has 0 radical (unpaired) electrons. The average molecular weight is 507 g/mol. The van der Waals surface area contributed by atoms with Crippen LogP contribution in [0.5, 0.6) is 5.75 Å². The second-order valence-electron chi connectivity index (χ2n) is 9.48. The highest BCUT2D eigenvalue weighted by molar-refractivity contribution is 5.79. The van der Waals surface area contributed by atoms with E-state index in [9.17, 15) is 4.79 Å². The summed E-state index contributed by atoms with van der Waals surface area (Å²) in [7, 11) is 0. The minimum Gasteiger partial charge on any atom is -0.476 e. The zero-order chi connectivity index (χ0) is 26.4. The van der Waals surface area contributed by atoms with Gasteiger partial charge in [0.2, 0.25) is 0 Å². The molecule has 2 aromatic carbocycles. The molecular weight excluding hydrogens is 472 g/mol. The SMILES string of the molecule is CCOC(=O)C(C)(C)Oc1c(C)cc(CN(Cc2cc(-c3ccccc3)on2)CN2NC=CO2)cc1C. The molecule has 0 fully saturated rings. The summed E-state index contributed by atoms with van der Waals surface area (Å²) in [6, 6.07) is 16.0. The van der Waals surface area contributed by atoms with Crippen LogP contribution in [-0.2, 0) is 27.5 Å². The quantitative estimate of drug-likeness (QED) is 0.366. The van der Waals surface area contributed by atoms with E-state index in [0.29, 0.717) is 32.1 Å². The van der Waals surface area contributed by atoms with Crippen molar-refractivity contribution in [2.75, 3.05) is 13.3 Å². The van der Waals surface area contributed by atoms with E-state index in [-0.39, 0.29) is 0 Å². The van der Waals surface area contributed by atoms with Gasteiger partial charge in [-0.1, -0.05) is 47.6 Å². The van der Waals surface area contributed by atoms with Crippen molar-refractivity contribution in [1.82, 2.24) is 20.7 Å². The molecule has 0 spiro atoms. The first-order chi connectivity index (χ1) is 17.7. The average Bonchev–Trinajstić information content (AvgIpc) is 3.55. The van der Waals surface area contributed by atoms with Crippen LogP contribution >= 0.6 is 0 Å². The summed E-state index contributed by atoms with van der Waals surface area (Å²) in [5.74, 6) is 1.02. The third kappa shape index (κ3) is 6.69. The van der Waals surface area contributed by atoms with Crippen molar-refractivity contribution < 1.29 is 23.6 Å². The monoisotopic (exact) mass is 506 g/mol. The van der Waals surface area contributed by atoms with Crippen LogP contribution in [0.15, 0.2) is 65.5 Å². The molecule has 0 amide bonds. The molecular formula is C28H34N4O5. The molecule has 196 valence electrons. The number of carbonyl (C=O) groups is 1. The van der Waals surface area contributed by atoms with Crippen LogP contribution in [0.3, 0.4) is 0 Å². The van der Waals surface area contributed by atoms with Crippen LogP contribution in [-0.4, -0.2) is 40.1 Å². The second kappa shape index (κ2) is 11.5. The fraction of sp³-hybridized carbons (Fsp3) is 0.357. The summed E-state index contributed by atoms with van der Waals surface area (Å²) in [5, 5.41) is 5.93. The van der Waals surface area contributed by atoms with Gasteiger partial charge in [0.05, 0.1) is 18.5 Å². The largest absolute Gasteiger partial charge is 0.476 e. The maximum atomic E-state index is 12.3. The molecule has 0 unspecified atom stereocenters. The van der Waals surface area contributed by atoms with Crippen molar-refractivity contribution in [3.8, 4) is 17.1 Å². The standard InChI is InChI=1S/C28H34N4O5/c1-6-34-27(33)28(4,5)36-26-20(2)14-22(15-21(26)3)17-31(19-32-29-12-13-35-32)18-24-16-25(37-30-24)23-10-8-7-9-11-23/h7-16,29H,6,17-19H2,1-5H3. The summed E-state index contributed by atoms with van der Waals surface area (Å²) in [6.07, 6.45) is 3.32. The summed E-state index contributed by atoms with van der Waals surface area (Å²) in [4.78, 5) is 20.0. The lowest BCUT2D eigenvalue weighted by Crippen LogP contribution is -2.40. The van der Waals surface area contributed by atoms with Gasteiger partial charge >= 0.3 is 5.97 Å². The summed E-state index contributed by atoms with van der Waals surface area (Å²) >= 11 is 0. The number of rotatable bonds is 11. The molecule has 9 nitrogen and oxygen atoms in total. The van der Waals surface area contributed by atoms with Crippen LogP contribution in [0.4, 0.5) is 0 Å². The minimum absolute atomic E-state index is 0.307. The second-order valence-corrected chi connectivity index (χ2v) is 9.48. The fourth-order valence-corrected chi connectivity index (χ4v) is 4.17. The van der Waals surface area contributed by atoms with E-state index in [2.05, 4.69) is 27.6 Å². The van der Waals surface area contributed by atoms with E-state index in [4.69, 9.17) is 18.8 Å². The van der Waals surface area contributed by atoms with Gasteiger partial charge in [-0.15, -0.1) is 0 Å². The third-order valence-electron chi connectivity index (χ3n) is 5.86. The number of nitrogens with one attached hydrogen (secondary N) is 1. The zero-order valence-electron chi connectivity index (χ0n) is 22.0. The molecule has 1 aliphatic heterocycles. The molecule has 0 saturated carbocycles. The number of hydrazine groups is 1. The lowest BCUT2D eigenvalue weighted by molar-refractivity contribution is -0.158. The van der Waals surface area contributed by atoms with E-state index >= 15 is 0 Å². The smallest absolute Gasteiger partial charge is 0.349 e. The van der Waals surface area contributed by atoms with E-state index in [0.717, 1.165) is 33.7 Å². The third-order valence-corrected chi connectivity index (χ3v) is 5.86. The van der Waals surface area contributed by atoms with E-state index in [1.54, 1.807) is 38.4 Å². The molecule has 2 heterocycles. The molecule has 0 atom stereocenters. The number of hydroxylamine groups is 1. The van der Waals surface area contributed by atoms with Gasteiger partial charge in [-0.2, -0.15) is 0 Å². The number of aryl methyl sites for hydroxylation is 2. The van der Waals surface area contributed by atoms with Gasteiger partial charge in [0.25, 0.3) is 0 Å². The molecule has 37 heavy (non-hydrogen) atoms. The van der Waals surface area contributed by atoms with Crippen LogP contribution in [0, 0.1) is 13.8 Å². The van der Waals surface area contributed by atoms with Gasteiger partial charge in [0.1, 0.15) is 18.7 Å². The van der Waals surface area contributed by atoms with Crippen LogP contribution in [0.2, 0.25) is 0 Å². The van der Waals surface area contributed by atoms with Crippen molar-refractivity contribution in [3.63, 3.8) is 0 Å². The molecule has 1 N–H and O–H groups in total. The predicted molar refractivity (Wildman–Crippen MR) is 139 cm³/mol. The maximum Gasteiger partial charge on any atom is 0.349 e. The number of carbonyl (C=O) groups excluding carboxylic acids is 1. The summed E-state index contributed by atoms with van der Waals surface area (Å²) < 4.78 is 16.9. The maximum absolute atomic E-state index is 12.3.